The minimum absolute atomic E-state index is 0.684. The molecule has 0 N–H and O–H groups in total. The smallest absolute Gasteiger partial charge is 0.196 e. The van der Waals surface area contributed by atoms with Crippen LogP contribution in [0.15, 0.2) is 52.2 Å². The molecule has 0 aliphatic carbocycles. The second kappa shape index (κ2) is 7.26. The van der Waals surface area contributed by atoms with Crippen LogP contribution in [0.2, 0.25) is 5.02 Å². The number of amidine groups is 1. The van der Waals surface area contributed by atoms with Crippen molar-refractivity contribution >= 4 is 50.4 Å². The molecule has 0 saturated heterocycles. The van der Waals surface area contributed by atoms with E-state index in [2.05, 4.69) is 23.1 Å². The van der Waals surface area contributed by atoms with Crippen LogP contribution in [0.3, 0.4) is 0 Å². The minimum Gasteiger partial charge on any atom is -0.222 e. The van der Waals surface area contributed by atoms with Gasteiger partial charge in [0.05, 0.1) is 17.5 Å². The van der Waals surface area contributed by atoms with Gasteiger partial charge in [-0.2, -0.15) is 10.4 Å². The Balaban J connectivity index is 1.93. The zero-order valence-corrected chi connectivity index (χ0v) is 14.8. The predicted molar refractivity (Wildman–Crippen MR) is 100 cm³/mol. The molecule has 3 rings (SSSR count). The Morgan fingerprint density at radius 3 is 2.87 bits per heavy atom. The summed E-state index contributed by atoms with van der Waals surface area (Å²) in [6, 6.07) is 9.59. The molecule has 2 heterocycles. The van der Waals surface area contributed by atoms with Gasteiger partial charge in [0.2, 0.25) is 0 Å². The van der Waals surface area contributed by atoms with Crippen molar-refractivity contribution in [2.24, 2.45) is 10.1 Å². The van der Waals surface area contributed by atoms with E-state index >= 15 is 0 Å². The standard InChI is InChI=1S/C16H13ClN4S2/c1-2-9-22-16-20-21-13(7-8-18)10-14(19-15(21)23-16)11-3-5-12(17)6-4-11/h3-7,10H,2,9H2,1H3/b13-7+. The van der Waals surface area contributed by atoms with Crippen molar-refractivity contribution in [3.63, 3.8) is 0 Å². The monoisotopic (exact) mass is 360 g/mol. The first-order valence-corrected chi connectivity index (χ1v) is 9.24. The molecule has 2 aliphatic heterocycles. The molecule has 1 aromatic rings. The fourth-order valence-corrected chi connectivity index (χ4v) is 4.04. The van der Waals surface area contributed by atoms with Gasteiger partial charge in [-0.15, -0.1) is 0 Å². The minimum atomic E-state index is 0.684. The second-order valence-corrected chi connectivity index (χ2v) is 7.49. The van der Waals surface area contributed by atoms with E-state index in [1.807, 2.05) is 30.3 Å². The van der Waals surface area contributed by atoms with Gasteiger partial charge in [0.25, 0.3) is 0 Å². The first-order chi connectivity index (χ1) is 11.2. The van der Waals surface area contributed by atoms with Gasteiger partial charge in [0.1, 0.15) is 0 Å². The van der Waals surface area contributed by atoms with Gasteiger partial charge in [-0.3, -0.25) is 0 Å². The highest BCUT2D eigenvalue weighted by molar-refractivity contribution is 8.45. The summed E-state index contributed by atoms with van der Waals surface area (Å²) in [6.45, 7) is 2.14. The second-order valence-electron chi connectivity index (χ2n) is 4.76. The lowest BCUT2D eigenvalue weighted by Gasteiger charge is -2.20. The highest BCUT2D eigenvalue weighted by Gasteiger charge is 2.29. The van der Waals surface area contributed by atoms with E-state index in [1.54, 1.807) is 16.8 Å². The molecular weight excluding hydrogens is 348 g/mol. The Kier molecular flexibility index (Phi) is 5.11. The number of allylic oxidation sites excluding steroid dienone is 2. The van der Waals surface area contributed by atoms with Gasteiger partial charge >= 0.3 is 0 Å². The quantitative estimate of drug-likeness (QED) is 0.718. The number of thioether (sulfide) groups is 2. The van der Waals surface area contributed by atoms with E-state index < -0.39 is 0 Å². The number of benzene rings is 1. The van der Waals surface area contributed by atoms with Crippen LogP contribution in [0.1, 0.15) is 18.9 Å². The molecule has 0 unspecified atom stereocenters. The Bertz CT molecular complexity index is 772. The lowest BCUT2D eigenvalue weighted by atomic mass is 10.1. The number of aliphatic imine (C=N–C) groups is 1. The number of hydrazone groups is 1. The molecule has 7 heteroatoms. The highest BCUT2D eigenvalue weighted by Crippen LogP contribution is 2.36. The van der Waals surface area contributed by atoms with Gasteiger partial charge in [-0.05, 0) is 42.1 Å². The Hall–Kier alpha value is -1.68. The molecule has 4 nitrogen and oxygen atoms in total. The van der Waals surface area contributed by atoms with Crippen LogP contribution in [0.4, 0.5) is 0 Å². The third-order valence-electron chi connectivity index (χ3n) is 3.07. The molecule has 0 saturated carbocycles. The maximum atomic E-state index is 9.04. The van der Waals surface area contributed by atoms with E-state index in [4.69, 9.17) is 16.9 Å². The molecule has 23 heavy (non-hydrogen) atoms. The van der Waals surface area contributed by atoms with Crippen molar-refractivity contribution in [3.8, 4) is 6.07 Å². The van der Waals surface area contributed by atoms with E-state index in [0.717, 1.165) is 38.7 Å². The Labute approximate surface area is 148 Å². The summed E-state index contributed by atoms with van der Waals surface area (Å²) in [6.07, 6.45) is 4.45. The molecule has 0 atom stereocenters. The highest BCUT2D eigenvalue weighted by atomic mass is 35.5. The number of nitriles is 1. The van der Waals surface area contributed by atoms with E-state index in [9.17, 15) is 0 Å². The third-order valence-corrected chi connectivity index (χ3v) is 5.57. The van der Waals surface area contributed by atoms with E-state index in [0.29, 0.717) is 5.02 Å². The van der Waals surface area contributed by atoms with Crippen LogP contribution in [-0.2, 0) is 0 Å². The van der Waals surface area contributed by atoms with Crippen LogP contribution in [0, 0.1) is 11.3 Å². The molecule has 0 amide bonds. The van der Waals surface area contributed by atoms with Gasteiger partial charge in [0.15, 0.2) is 9.54 Å². The molecule has 116 valence electrons. The van der Waals surface area contributed by atoms with Crippen LogP contribution < -0.4 is 0 Å². The van der Waals surface area contributed by atoms with Crippen molar-refractivity contribution in [1.29, 1.82) is 5.26 Å². The van der Waals surface area contributed by atoms with Gasteiger partial charge in [-0.1, -0.05) is 42.4 Å². The van der Waals surface area contributed by atoms with Crippen LogP contribution in [-0.4, -0.2) is 20.3 Å². The molecular formula is C16H13ClN4S2. The van der Waals surface area contributed by atoms with E-state index in [-0.39, 0.29) is 0 Å². The fourth-order valence-electron chi connectivity index (χ4n) is 2.03. The molecule has 2 aliphatic rings. The topological polar surface area (TPSA) is 51.8 Å². The zero-order chi connectivity index (χ0) is 16.2. The fraction of sp³-hybridized carbons (Fsp3) is 0.188. The maximum absolute atomic E-state index is 9.04. The lowest BCUT2D eigenvalue weighted by Crippen LogP contribution is -2.20. The summed E-state index contributed by atoms with van der Waals surface area (Å²) >= 11 is 9.19. The first kappa shape index (κ1) is 16.2. The van der Waals surface area contributed by atoms with Gasteiger partial charge in [-0.25, -0.2) is 10.0 Å². The van der Waals surface area contributed by atoms with Crippen molar-refractivity contribution in [3.05, 3.63) is 52.7 Å². The SMILES string of the molecule is CCCSC1=NN2C(=NC(c3ccc(Cl)cc3)=C/C2=C\C#N)S1. The normalized spacial score (nSPS) is 18.2. The summed E-state index contributed by atoms with van der Waals surface area (Å²) in [7, 11) is 0. The largest absolute Gasteiger partial charge is 0.222 e. The average molecular weight is 361 g/mol. The molecule has 0 spiro atoms. The lowest BCUT2D eigenvalue weighted by molar-refractivity contribution is 0.584. The molecule has 0 aromatic heterocycles. The zero-order valence-electron chi connectivity index (χ0n) is 12.4. The van der Waals surface area contributed by atoms with Crippen molar-refractivity contribution in [2.45, 2.75) is 13.3 Å². The first-order valence-electron chi connectivity index (χ1n) is 7.06. The molecule has 0 fully saturated rings. The van der Waals surface area contributed by atoms with E-state index in [1.165, 1.54) is 17.8 Å². The summed E-state index contributed by atoms with van der Waals surface area (Å²) in [5.41, 5.74) is 2.49. The molecule has 0 radical (unpaired) electrons. The Morgan fingerprint density at radius 1 is 1.39 bits per heavy atom. The maximum Gasteiger partial charge on any atom is 0.196 e. The molecule has 0 bridgehead atoms. The third kappa shape index (κ3) is 3.63. The molecule has 1 aromatic carbocycles. The summed E-state index contributed by atoms with van der Waals surface area (Å²) in [5.74, 6) is 1.02. The van der Waals surface area contributed by atoms with Gasteiger partial charge in [0, 0.05) is 16.7 Å². The number of hydrogen-bond acceptors (Lipinski definition) is 6. The van der Waals surface area contributed by atoms with Crippen LogP contribution >= 0.6 is 35.1 Å². The number of hydrogen-bond donors (Lipinski definition) is 0. The summed E-state index contributed by atoms with van der Waals surface area (Å²) in [4.78, 5) is 4.68. The summed E-state index contributed by atoms with van der Waals surface area (Å²) < 4.78 is 0.959. The number of rotatable bonds is 3. The van der Waals surface area contributed by atoms with Crippen LogP contribution in [0.25, 0.3) is 5.70 Å². The average Bonchev–Trinajstić information content (AvgIpc) is 2.97. The number of halogens is 1. The summed E-state index contributed by atoms with van der Waals surface area (Å²) in [5, 5.41) is 16.8. The van der Waals surface area contributed by atoms with Crippen LogP contribution in [0.5, 0.6) is 0 Å². The van der Waals surface area contributed by atoms with Crippen molar-refractivity contribution < 1.29 is 0 Å². The predicted octanol–water partition coefficient (Wildman–Crippen LogP) is 4.92. The Morgan fingerprint density at radius 2 is 2.17 bits per heavy atom. The van der Waals surface area contributed by atoms with Crippen molar-refractivity contribution in [2.75, 3.05) is 5.75 Å². The number of fused-ring (bicyclic) bond motifs is 1. The van der Waals surface area contributed by atoms with Gasteiger partial charge < -0.3 is 0 Å². The van der Waals surface area contributed by atoms with Crippen molar-refractivity contribution in [1.82, 2.24) is 5.01 Å². The number of nitrogens with zero attached hydrogens (tertiary/aromatic N) is 4.